The number of hydrogen-bond donors (Lipinski definition) is 2. The van der Waals surface area contributed by atoms with Gasteiger partial charge in [-0.25, -0.2) is 4.99 Å². The molecule has 0 amide bonds. The Morgan fingerprint density at radius 3 is 2.03 bits per heavy atom. The van der Waals surface area contributed by atoms with Crippen LogP contribution >= 0.6 is 24.0 Å². The molecule has 0 saturated heterocycles. The number of benzene rings is 2. The highest BCUT2D eigenvalue weighted by Crippen LogP contribution is 2.38. The summed E-state index contributed by atoms with van der Waals surface area (Å²) in [6.45, 7) is 6.25. The quantitative estimate of drug-likeness (QED) is 0.302. The van der Waals surface area contributed by atoms with E-state index in [-0.39, 0.29) is 24.0 Å². The minimum Gasteiger partial charge on any atom is -0.493 e. The van der Waals surface area contributed by atoms with Gasteiger partial charge in [-0.05, 0) is 43.5 Å². The van der Waals surface area contributed by atoms with Gasteiger partial charge in [0.2, 0.25) is 5.75 Å². The fourth-order valence-corrected chi connectivity index (χ4v) is 2.82. The summed E-state index contributed by atoms with van der Waals surface area (Å²) in [5.74, 6) is 2.62. The lowest BCUT2D eigenvalue weighted by Gasteiger charge is -2.14. The topological polar surface area (TPSA) is 64.1 Å². The lowest BCUT2D eigenvalue weighted by molar-refractivity contribution is 0.324. The number of rotatable bonds is 9. The van der Waals surface area contributed by atoms with E-state index >= 15 is 0 Å². The molecule has 160 valence electrons. The Morgan fingerprint density at radius 2 is 1.52 bits per heavy atom. The standard InChI is InChI=1S/C22H31N3O3.HI/c1-6-23-22(24-12-11-17-9-7-16(2)8-10-17)25-15-18-13-19(26-3)21(28-5)20(14-18)27-4;/h7-10,13-14H,6,11-12,15H2,1-5H3,(H2,23,24,25);1H. The van der Waals surface area contributed by atoms with Crippen molar-refractivity contribution >= 4 is 29.9 Å². The summed E-state index contributed by atoms with van der Waals surface area (Å²) in [6.07, 6.45) is 0.939. The van der Waals surface area contributed by atoms with Crippen LogP contribution in [0.15, 0.2) is 41.4 Å². The van der Waals surface area contributed by atoms with Crippen LogP contribution in [0.3, 0.4) is 0 Å². The Kier molecular flexibility index (Phi) is 11.3. The average Bonchev–Trinajstić information content (AvgIpc) is 2.72. The first-order chi connectivity index (χ1) is 13.6. The second-order valence-corrected chi connectivity index (χ2v) is 6.39. The fourth-order valence-electron chi connectivity index (χ4n) is 2.82. The molecule has 0 aromatic heterocycles. The molecule has 0 fully saturated rings. The fraction of sp³-hybridized carbons (Fsp3) is 0.409. The number of nitrogens with zero attached hydrogens (tertiary/aromatic N) is 1. The Hall–Kier alpha value is -2.16. The predicted octanol–water partition coefficient (Wildman–Crippen LogP) is 3.94. The van der Waals surface area contributed by atoms with E-state index < -0.39 is 0 Å². The molecule has 0 aliphatic rings. The normalized spacial score (nSPS) is 10.7. The molecule has 0 radical (unpaired) electrons. The van der Waals surface area contributed by atoms with Crippen LogP contribution in [0.5, 0.6) is 17.2 Å². The molecule has 0 unspecified atom stereocenters. The minimum absolute atomic E-state index is 0. The van der Waals surface area contributed by atoms with E-state index in [1.807, 2.05) is 12.1 Å². The summed E-state index contributed by atoms with van der Waals surface area (Å²) in [5, 5.41) is 6.67. The van der Waals surface area contributed by atoms with E-state index in [2.05, 4.69) is 53.7 Å². The van der Waals surface area contributed by atoms with Gasteiger partial charge in [0.05, 0.1) is 27.9 Å². The summed E-state index contributed by atoms with van der Waals surface area (Å²) < 4.78 is 16.2. The number of methoxy groups -OCH3 is 3. The van der Waals surface area contributed by atoms with Crippen LogP contribution in [-0.4, -0.2) is 40.4 Å². The zero-order valence-electron chi connectivity index (χ0n) is 17.9. The maximum absolute atomic E-state index is 5.41. The third-order valence-electron chi connectivity index (χ3n) is 4.32. The van der Waals surface area contributed by atoms with Crippen molar-refractivity contribution in [3.8, 4) is 17.2 Å². The molecule has 0 aliphatic carbocycles. The molecule has 2 N–H and O–H groups in total. The minimum atomic E-state index is 0. The van der Waals surface area contributed by atoms with E-state index in [9.17, 15) is 0 Å². The molecule has 7 heteroatoms. The Labute approximate surface area is 191 Å². The van der Waals surface area contributed by atoms with Crippen molar-refractivity contribution in [2.75, 3.05) is 34.4 Å². The van der Waals surface area contributed by atoms with Gasteiger partial charge in [-0.2, -0.15) is 0 Å². The molecule has 6 nitrogen and oxygen atoms in total. The maximum Gasteiger partial charge on any atom is 0.203 e. The zero-order valence-corrected chi connectivity index (χ0v) is 20.2. The van der Waals surface area contributed by atoms with Gasteiger partial charge in [0, 0.05) is 13.1 Å². The summed E-state index contributed by atoms with van der Waals surface area (Å²) in [5.41, 5.74) is 3.56. The SMILES string of the molecule is CCNC(=NCc1cc(OC)c(OC)c(OC)c1)NCCc1ccc(C)cc1.I. The van der Waals surface area contributed by atoms with E-state index in [0.29, 0.717) is 23.8 Å². The van der Waals surface area contributed by atoms with E-state index in [1.54, 1.807) is 21.3 Å². The molecule has 0 heterocycles. The van der Waals surface area contributed by atoms with Gasteiger partial charge in [-0.3, -0.25) is 0 Å². The predicted molar refractivity (Wildman–Crippen MR) is 129 cm³/mol. The lowest BCUT2D eigenvalue weighted by Crippen LogP contribution is -2.38. The molecule has 2 rings (SSSR count). The third kappa shape index (κ3) is 7.64. The molecular weight excluding hydrogens is 481 g/mol. The second-order valence-electron chi connectivity index (χ2n) is 6.39. The van der Waals surface area contributed by atoms with Crippen LogP contribution in [0.25, 0.3) is 0 Å². The highest BCUT2D eigenvalue weighted by Gasteiger charge is 2.13. The lowest BCUT2D eigenvalue weighted by atomic mass is 10.1. The van der Waals surface area contributed by atoms with Crippen molar-refractivity contribution in [3.63, 3.8) is 0 Å². The second kappa shape index (κ2) is 13.1. The van der Waals surface area contributed by atoms with Crippen molar-refractivity contribution < 1.29 is 14.2 Å². The van der Waals surface area contributed by atoms with Gasteiger partial charge < -0.3 is 24.8 Å². The van der Waals surface area contributed by atoms with Crippen LogP contribution in [-0.2, 0) is 13.0 Å². The maximum atomic E-state index is 5.41. The molecule has 0 spiro atoms. The van der Waals surface area contributed by atoms with E-state index in [1.165, 1.54) is 11.1 Å². The summed E-state index contributed by atoms with van der Waals surface area (Å²) in [7, 11) is 4.82. The van der Waals surface area contributed by atoms with Crippen molar-refractivity contribution in [2.24, 2.45) is 4.99 Å². The molecule has 0 bridgehead atoms. The summed E-state index contributed by atoms with van der Waals surface area (Å²) in [4.78, 5) is 4.68. The largest absolute Gasteiger partial charge is 0.493 e. The van der Waals surface area contributed by atoms with Crippen molar-refractivity contribution in [1.29, 1.82) is 0 Å². The monoisotopic (exact) mass is 513 g/mol. The van der Waals surface area contributed by atoms with E-state index in [0.717, 1.165) is 31.0 Å². The molecule has 29 heavy (non-hydrogen) atoms. The first kappa shape index (κ1) is 24.9. The van der Waals surface area contributed by atoms with Crippen molar-refractivity contribution in [2.45, 2.75) is 26.8 Å². The van der Waals surface area contributed by atoms with Crippen LogP contribution in [0, 0.1) is 6.92 Å². The molecule has 0 atom stereocenters. The molecule has 0 saturated carbocycles. The highest BCUT2D eigenvalue weighted by molar-refractivity contribution is 14.0. The summed E-state index contributed by atoms with van der Waals surface area (Å²) in [6, 6.07) is 12.4. The van der Waals surface area contributed by atoms with Crippen molar-refractivity contribution in [1.82, 2.24) is 10.6 Å². The Morgan fingerprint density at radius 1 is 0.897 bits per heavy atom. The van der Waals surface area contributed by atoms with Gasteiger partial charge >= 0.3 is 0 Å². The summed E-state index contributed by atoms with van der Waals surface area (Å²) >= 11 is 0. The number of aryl methyl sites for hydroxylation is 1. The van der Waals surface area contributed by atoms with Crippen LogP contribution in [0.1, 0.15) is 23.6 Å². The van der Waals surface area contributed by atoms with Crippen LogP contribution in [0.4, 0.5) is 0 Å². The molecule has 2 aromatic rings. The van der Waals surface area contributed by atoms with Gasteiger partial charge in [-0.15, -0.1) is 24.0 Å². The Balaban J connectivity index is 0.00000420. The number of guanidine groups is 1. The third-order valence-corrected chi connectivity index (χ3v) is 4.32. The smallest absolute Gasteiger partial charge is 0.203 e. The first-order valence-corrected chi connectivity index (χ1v) is 9.47. The van der Waals surface area contributed by atoms with Gasteiger partial charge in [-0.1, -0.05) is 29.8 Å². The van der Waals surface area contributed by atoms with Gasteiger partial charge in [0.1, 0.15) is 0 Å². The average molecular weight is 513 g/mol. The van der Waals surface area contributed by atoms with Crippen molar-refractivity contribution in [3.05, 3.63) is 53.1 Å². The van der Waals surface area contributed by atoms with Gasteiger partial charge in [0.15, 0.2) is 17.5 Å². The zero-order chi connectivity index (χ0) is 20.4. The molecule has 0 aliphatic heterocycles. The Bertz CT molecular complexity index is 754. The highest BCUT2D eigenvalue weighted by atomic mass is 127. The van der Waals surface area contributed by atoms with Gasteiger partial charge in [0.25, 0.3) is 0 Å². The van der Waals surface area contributed by atoms with Crippen LogP contribution in [0.2, 0.25) is 0 Å². The molecular formula is C22H32IN3O3. The number of ether oxygens (including phenoxy) is 3. The van der Waals surface area contributed by atoms with E-state index in [4.69, 9.17) is 14.2 Å². The first-order valence-electron chi connectivity index (χ1n) is 9.47. The van der Waals surface area contributed by atoms with Crippen LogP contribution < -0.4 is 24.8 Å². The molecule has 2 aromatic carbocycles. The number of hydrogen-bond acceptors (Lipinski definition) is 4. The number of halogens is 1. The number of aliphatic imine (C=N–C) groups is 1. The number of nitrogens with one attached hydrogen (secondary N) is 2.